The molecule has 0 radical (unpaired) electrons. The molecule has 9 heteroatoms. The number of hydrogen-bond donors (Lipinski definition) is 2. The number of nitro groups is 1. The molecule has 9 nitrogen and oxygen atoms in total. The molecule has 0 bridgehead atoms. The summed E-state index contributed by atoms with van der Waals surface area (Å²) in [5, 5.41) is 48.5. The summed E-state index contributed by atoms with van der Waals surface area (Å²) in [4.78, 5) is 23.1. The molecule has 2 aromatic rings. The Hall–Kier alpha value is -4.05. The maximum absolute atomic E-state index is 12.8. The topological polar surface area (TPSA) is 157 Å². The third-order valence-electron chi connectivity index (χ3n) is 4.94. The maximum Gasteiger partial charge on any atom is 0.339 e. The quantitative estimate of drug-likeness (QED) is 0.271. The van der Waals surface area contributed by atoms with Gasteiger partial charge >= 0.3 is 5.97 Å². The number of nitrogens with zero attached hydrogens (tertiary/aromatic N) is 3. The van der Waals surface area contributed by atoms with Crippen molar-refractivity contribution in [2.24, 2.45) is 0 Å². The van der Waals surface area contributed by atoms with E-state index in [-0.39, 0.29) is 11.1 Å². The molecule has 0 heterocycles. The van der Waals surface area contributed by atoms with Gasteiger partial charge in [-0.1, -0.05) is 36.4 Å². The molecule has 0 unspecified atom stereocenters. The Bertz CT molecular complexity index is 1140. The van der Waals surface area contributed by atoms with E-state index in [9.17, 15) is 35.6 Å². The third-order valence-corrected chi connectivity index (χ3v) is 4.94. The van der Waals surface area contributed by atoms with Crippen LogP contribution in [0.15, 0.2) is 48.0 Å². The molecule has 0 fully saturated rings. The average Bonchev–Trinajstić information content (AvgIpc) is 3.10. The monoisotopic (exact) mass is 405 g/mol. The van der Waals surface area contributed by atoms with E-state index in [4.69, 9.17) is 4.74 Å². The largest absolute Gasteiger partial charge is 0.454 e. The number of benzene rings is 2. The van der Waals surface area contributed by atoms with Gasteiger partial charge in [-0.3, -0.25) is 10.1 Å². The normalized spacial score (nSPS) is 11.7. The van der Waals surface area contributed by atoms with Gasteiger partial charge in [-0.15, -0.1) is 0 Å². The predicted molar refractivity (Wildman–Crippen MR) is 103 cm³/mol. The third kappa shape index (κ3) is 3.18. The zero-order valence-electron chi connectivity index (χ0n) is 15.5. The summed E-state index contributed by atoms with van der Waals surface area (Å²) in [7, 11) is 0. The second-order valence-electron chi connectivity index (χ2n) is 6.62. The van der Waals surface area contributed by atoms with Crippen LogP contribution in [0, 0.1) is 32.8 Å². The number of allylic oxidation sites excluding steroid dienone is 1. The Kier molecular flexibility index (Phi) is 5.61. The van der Waals surface area contributed by atoms with Crippen LogP contribution in [0.4, 0.5) is 0 Å². The van der Waals surface area contributed by atoms with Gasteiger partial charge in [0, 0.05) is 16.1 Å². The smallest absolute Gasteiger partial charge is 0.339 e. The van der Waals surface area contributed by atoms with Crippen LogP contribution in [-0.4, -0.2) is 46.5 Å². The van der Waals surface area contributed by atoms with E-state index < -0.39 is 36.3 Å². The molecule has 150 valence electrons. The van der Waals surface area contributed by atoms with Gasteiger partial charge < -0.3 is 14.9 Å². The minimum Gasteiger partial charge on any atom is -0.454 e. The minimum absolute atomic E-state index is 0.0818. The number of aliphatic hydroxyl groups excluding tert-OH is 2. The Labute approximate surface area is 170 Å². The van der Waals surface area contributed by atoms with Crippen LogP contribution in [0.5, 0.6) is 0 Å². The number of carbonyl (C=O) groups is 1. The van der Waals surface area contributed by atoms with E-state index in [1.54, 1.807) is 36.4 Å². The van der Waals surface area contributed by atoms with Gasteiger partial charge in [0.05, 0.1) is 5.56 Å². The van der Waals surface area contributed by atoms with Crippen LogP contribution >= 0.6 is 0 Å². The van der Waals surface area contributed by atoms with Crippen molar-refractivity contribution >= 4 is 11.5 Å². The first kappa shape index (κ1) is 20.7. The molecule has 3 rings (SSSR count). The van der Waals surface area contributed by atoms with Crippen molar-refractivity contribution in [3.63, 3.8) is 0 Å². The van der Waals surface area contributed by atoms with Crippen LogP contribution in [0.3, 0.4) is 0 Å². The number of esters is 1. The highest BCUT2D eigenvalue weighted by Gasteiger charge is 2.44. The van der Waals surface area contributed by atoms with E-state index in [1.807, 2.05) is 12.1 Å². The first-order chi connectivity index (χ1) is 14.4. The van der Waals surface area contributed by atoms with Crippen LogP contribution in [0.2, 0.25) is 0 Å². The average molecular weight is 405 g/mol. The summed E-state index contributed by atoms with van der Waals surface area (Å²) < 4.78 is 5.08. The number of fused-ring (bicyclic) bond motifs is 3. The lowest BCUT2D eigenvalue weighted by Gasteiger charge is -2.20. The zero-order valence-corrected chi connectivity index (χ0v) is 15.5. The van der Waals surface area contributed by atoms with Gasteiger partial charge in [0.2, 0.25) is 0 Å². The van der Waals surface area contributed by atoms with Crippen LogP contribution in [0.25, 0.3) is 16.7 Å². The predicted octanol–water partition coefficient (Wildman–Crippen LogP) is 1.67. The van der Waals surface area contributed by atoms with Crippen molar-refractivity contribution in [1.29, 1.82) is 10.5 Å². The van der Waals surface area contributed by atoms with Crippen LogP contribution in [0.1, 0.15) is 21.5 Å². The number of aliphatic hydroxyl groups is 2. The first-order valence-electron chi connectivity index (χ1n) is 8.75. The SMILES string of the molecule is N#CC(C#N)=C1c2ccccc2-c2c(C(=O)OCC(CO)(CO)[N+](=O)[O-])cccc21. The zero-order chi connectivity index (χ0) is 21.9. The molecule has 2 aromatic carbocycles. The van der Waals surface area contributed by atoms with E-state index in [2.05, 4.69) is 0 Å². The molecule has 0 saturated heterocycles. The summed E-state index contributed by atoms with van der Waals surface area (Å²) >= 11 is 0. The summed E-state index contributed by atoms with van der Waals surface area (Å²) in [6, 6.07) is 15.3. The molecule has 0 spiro atoms. The molecule has 0 amide bonds. The van der Waals surface area contributed by atoms with Gasteiger partial charge in [0.15, 0.2) is 6.61 Å². The van der Waals surface area contributed by atoms with Crippen molar-refractivity contribution in [2.75, 3.05) is 19.8 Å². The highest BCUT2D eigenvalue weighted by molar-refractivity contribution is 6.10. The number of nitriles is 2. The molecule has 1 aliphatic carbocycles. The van der Waals surface area contributed by atoms with Crippen molar-refractivity contribution < 1.29 is 24.7 Å². The van der Waals surface area contributed by atoms with Gasteiger partial charge in [-0.05, 0) is 22.8 Å². The van der Waals surface area contributed by atoms with Crippen molar-refractivity contribution in [3.05, 3.63) is 74.8 Å². The maximum atomic E-state index is 12.8. The lowest BCUT2D eigenvalue weighted by Crippen LogP contribution is -2.50. The standard InChI is InChI=1S/C21H15N3O6/c22-8-13(9-23)18-14-4-1-2-5-15(14)19-16(18)6-3-7-17(19)20(27)30-12-21(10-25,11-26)24(28)29/h1-7,25-26H,10-12H2. The second-order valence-corrected chi connectivity index (χ2v) is 6.62. The van der Waals surface area contributed by atoms with Gasteiger partial charge in [-0.2, -0.15) is 10.5 Å². The number of ether oxygens (including phenoxy) is 1. The summed E-state index contributed by atoms with van der Waals surface area (Å²) in [5.41, 5.74) is 0.304. The summed E-state index contributed by atoms with van der Waals surface area (Å²) in [6.45, 7) is -2.86. The van der Waals surface area contributed by atoms with Crippen LogP contribution < -0.4 is 0 Å². The molecule has 1 aliphatic rings. The Morgan fingerprint density at radius 2 is 1.63 bits per heavy atom. The van der Waals surface area contributed by atoms with Crippen LogP contribution in [-0.2, 0) is 4.74 Å². The van der Waals surface area contributed by atoms with Crippen molar-refractivity contribution in [3.8, 4) is 23.3 Å². The lowest BCUT2D eigenvalue weighted by molar-refractivity contribution is -0.580. The summed E-state index contributed by atoms with van der Waals surface area (Å²) in [6.07, 6.45) is 0. The van der Waals surface area contributed by atoms with Crippen molar-refractivity contribution in [1.82, 2.24) is 0 Å². The van der Waals surface area contributed by atoms with Crippen molar-refractivity contribution in [2.45, 2.75) is 5.54 Å². The first-order valence-corrected chi connectivity index (χ1v) is 8.75. The lowest BCUT2D eigenvalue weighted by atomic mass is 9.97. The van der Waals surface area contributed by atoms with E-state index in [1.165, 1.54) is 6.07 Å². The highest BCUT2D eigenvalue weighted by Crippen LogP contribution is 2.47. The Morgan fingerprint density at radius 3 is 2.20 bits per heavy atom. The fourth-order valence-electron chi connectivity index (χ4n) is 3.28. The molecule has 30 heavy (non-hydrogen) atoms. The molecular formula is C21H15N3O6. The van der Waals surface area contributed by atoms with Gasteiger partial charge in [0.25, 0.3) is 5.54 Å². The molecule has 0 saturated carbocycles. The fourth-order valence-corrected chi connectivity index (χ4v) is 3.28. The fraction of sp³-hybridized carbons (Fsp3) is 0.190. The Balaban J connectivity index is 2.10. The molecular weight excluding hydrogens is 390 g/mol. The number of rotatable bonds is 6. The summed E-state index contributed by atoms with van der Waals surface area (Å²) in [5.74, 6) is -0.897. The van der Waals surface area contributed by atoms with E-state index in [0.29, 0.717) is 27.8 Å². The van der Waals surface area contributed by atoms with Gasteiger partial charge in [0.1, 0.15) is 30.9 Å². The molecule has 0 atom stereocenters. The van der Waals surface area contributed by atoms with E-state index >= 15 is 0 Å². The Morgan fingerprint density at radius 1 is 1.03 bits per heavy atom. The van der Waals surface area contributed by atoms with E-state index in [0.717, 1.165) is 0 Å². The molecule has 0 aliphatic heterocycles. The number of hydrogen-bond acceptors (Lipinski definition) is 8. The molecule has 2 N–H and O–H groups in total. The minimum atomic E-state index is -2.22. The highest BCUT2D eigenvalue weighted by atomic mass is 16.6. The number of carbonyl (C=O) groups excluding carboxylic acids is 1. The second kappa shape index (κ2) is 8.13. The molecule has 0 aromatic heterocycles. The van der Waals surface area contributed by atoms with Gasteiger partial charge in [-0.25, -0.2) is 4.79 Å².